The van der Waals surface area contributed by atoms with Gasteiger partial charge in [-0.05, 0) is 43.2 Å². The van der Waals surface area contributed by atoms with Crippen LogP contribution in [0.2, 0.25) is 5.15 Å². The molecule has 3 aromatic rings. The number of halogens is 1. The Labute approximate surface area is 138 Å². The minimum Gasteiger partial charge on any atom is -0.342 e. The second-order valence-electron chi connectivity index (χ2n) is 5.81. The molecule has 1 aromatic carbocycles. The predicted octanol–water partition coefficient (Wildman–Crippen LogP) is 4.13. The van der Waals surface area contributed by atoms with Crippen LogP contribution < -0.4 is 5.32 Å². The molecule has 0 saturated heterocycles. The summed E-state index contributed by atoms with van der Waals surface area (Å²) in [4.78, 5) is 24.1. The number of pyridine rings is 1. The van der Waals surface area contributed by atoms with Crippen molar-refractivity contribution in [2.24, 2.45) is 0 Å². The van der Waals surface area contributed by atoms with Crippen molar-refractivity contribution < 1.29 is 4.79 Å². The standard InChI is InChI=1S/C17H15ClN4O/c18-15-7-4-11(9-19-15)17(23)20-12-5-6-13-14(8-12)22-16(21-13)10-2-1-3-10/h4-10H,1-3H2,(H,20,23)(H,21,22). The number of hydrogen-bond donors (Lipinski definition) is 2. The molecule has 0 atom stereocenters. The fraction of sp³-hybridized carbons (Fsp3) is 0.235. The molecule has 0 bridgehead atoms. The molecule has 2 heterocycles. The molecule has 1 amide bonds. The van der Waals surface area contributed by atoms with E-state index in [9.17, 15) is 4.79 Å². The van der Waals surface area contributed by atoms with Crippen molar-refractivity contribution in [1.82, 2.24) is 15.0 Å². The first-order valence-electron chi connectivity index (χ1n) is 7.61. The number of fused-ring (bicyclic) bond motifs is 1. The van der Waals surface area contributed by atoms with Crippen LogP contribution in [-0.2, 0) is 0 Å². The Hall–Kier alpha value is -2.40. The maximum Gasteiger partial charge on any atom is 0.257 e. The third-order valence-corrected chi connectivity index (χ3v) is 4.46. The Balaban J connectivity index is 1.56. The Bertz CT molecular complexity index is 868. The molecule has 1 fully saturated rings. The van der Waals surface area contributed by atoms with Gasteiger partial charge in [0.05, 0.1) is 16.6 Å². The van der Waals surface area contributed by atoms with Gasteiger partial charge in [0.2, 0.25) is 0 Å². The van der Waals surface area contributed by atoms with Gasteiger partial charge >= 0.3 is 0 Å². The van der Waals surface area contributed by atoms with Crippen molar-refractivity contribution in [2.45, 2.75) is 25.2 Å². The molecule has 116 valence electrons. The highest BCUT2D eigenvalue weighted by Gasteiger charge is 2.22. The molecule has 0 unspecified atom stereocenters. The largest absolute Gasteiger partial charge is 0.342 e. The molecule has 0 aliphatic heterocycles. The van der Waals surface area contributed by atoms with E-state index in [-0.39, 0.29) is 5.91 Å². The van der Waals surface area contributed by atoms with Crippen molar-refractivity contribution in [1.29, 1.82) is 0 Å². The maximum absolute atomic E-state index is 12.2. The topological polar surface area (TPSA) is 70.7 Å². The number of carbonyl (C=O) groups excluding carboxylic acids is 1. The highest BCUT2D eigenvalue weighted by atomic mass is 35.5. The van der Waals surface area contributed by atoms with Crippen LogP contribution in [0.15, 0.2) is 36.5 Å². The van der Waals surface area contributed by atoms with Crippen LogP contribution in [0.25, 0.3) is 11.0 Å². The number of nitrogens with zero attached hydrogens (tertiary/aromatic N) is 2. The van der Waals surface area contributed by atoms with Gasteiger partial charge in [-0.15, -0.1) is 0 Å². The first kappa shape index (κ1) is 14.2. The number of aromatic nitrogens is 3. The summed E-state index contributed by atoms with van der Waals surface area (Å²) in [5.74, 6) is 1.39. The molecule has 0 spiro atoms. The second kappa shape index (κ2) is 5.66. The summed E-state index contributed by atoms with van der Waals surface area (Å²) in [5.41, 5.74) is 3.06. The number of rotatable bonds is 3. The number of benzene rings is 1. The third-order valence-electron chi connectivity index (χ3n) is 4.24. The maximum atomic E-state index is 12.2. The van der Waals surface area contributed by atoms with E-state index in [1.807, 2.05) is 18.2 Å². The summed E-state index contributed by atoms with van der Waals surface area (Å²) < 4.78 is 0. The highest BCUT2D eigenvalue weighted by molar-refractivity contribution is 6.29. The van der Waals surface area contributed by atoms with Gasteiger partial charge in [-0.1, -0.05) is 18.0 Å². The second-order valence-corrected chi connectivity index (χ2v) is 6.19. The Morgan fingerprint density at radius 3 is 2.83 bits per heavy atom. The molecule has 2 N–H and O–H groups in total. The number of amides is 1. The number of H-pyrrole nitrogens is 1. The average Bonchev–Trinajstić information content (AvgIpc) is 2.88. The molecule has 5 nitrogen and oxygen atoms in total. The number of hydrogen-bond acceptors (Lipinski definition) is 3. The number of nitrogens with one attached hydrogen (secondary N) is 2. The van der Waals surface area contributed by atoms with Gasteiger partial charge < -0.3 is 10.3 Å². The quantitative estimate of drug-likeness (QED) is 0.711. The summed E-state index contributed by atoms with van der Waals surface area (Å²) in [6.45, 7) is 0. The molecule has 0 radical (unpaired) electrons. The minimum absolute atomic E-state index is 0.216. The highest BCUT2D eigenvalue weighted by Crippen LogP contribution is 2.35. The van der Waals surface area contributed by atoms with Gasteiger partial charge in [-0.3, -0.25) is 4.79 Å². The third kappa shape index (κ3) is 2.80. The van der Waals surface area contributed by atoms with Crippen molar-refractivity contribution in [3.05, 3.63) is 53.1 Å². The van der Waals surface area contributed by atoms with Gasteiger partial charge in [0.1, 0.15) is 11.0 Å². The molecule has 1 aliphatic carbocycles. The fourth-order valence-corrected chi connectivity index (χ4v) is 2.81. The van der Waals surface area contributed by atoms with E-state index in [1.54, 1.807) is 12.1 Å². The number of imidazole rings is 1. The lowest BCUT2D eigenvalue weighted by molar-refractivity contribution is 0.102. The van der Waals surface area contributed by atoms with E-state index in [1.165, 1.54) is 25.5 Å². The van der Waals surface area contributed by atoms with Crippen LogP contribution in [0.1, 0.15) is 41.4 Å². The van der Waals surface area contributed by atoms with Gasteiger partial charge in [0, 0.05) is 17.8 Å². The van der Waals surface area contributed by atoms with Crippen molar-refractivity contribution in [3.63, 3.8) is 0 Å². The smallest absolute Gasteiger partial charge is 0.257 e. The fourth-order valence-electron chi connectivity index (χ4n) is 2.70. The molecule has 23 heavy (non-hydrogen) atoms. The van der Waals surface area contributed by atoms with E-state index < -0.39 is 0 Å². The van der Waals surface area contributed by atoms with Crippen LogP contribution >= 0.6 is 11.6 Å². The Morgan fingerprint density at radius 2 is 2.13 bits per heavy atom. The first-order chi connectivity index (χ1) is 11.2. The number of aromatic amines is 1. The number of anilines is 1. The normalized spacial score (nSPS) is 14.7. The molecule has 6 heteroatoms. The van der Waals surface area contributed by atoms with E-state index in [2.05, 4.69) is 20.3 Å². The Morgan fingerprint density at radius 1 is 1.26 bits per heavy atom. The van der Waals surface area contributed by atoms with Gasteiger partial charge in [-0.25, -0.2) is 9.97 Å². The van der Waals surface area contributed by atoms with Crippen molar-refractivity contribution in [3.8, 4) is 0 Å². The lowest BCUT2D eigenvalue weighted by Crippen LogP contribution is -2.12. The van der Waals surface area contributed by atoms with E-state index in [4.69, 9.17) is 11.6 Å². The van der Waals surface area contributed by atoms with Gasteiger partial charge in [-0.2, -0.15) is 0 Å². The van der Waals surface area contributed by atoms with Crippen molar-refractivity contribution in [2.75, 3.05) is 5.32 Å². The molecular weight excluding hydrogens is 312 g/mol. The molecular formula is C17H15ClN4O. The van der Waals surface area contributed by atoms with Crippen molar-refractivity contribution >= 4 is 34.2 Å². The SMILES string of the molecule is O=C(Nc1ccc2nc(C3CCC3)[nH]c2c1)c1ccc(Cl)nc1. The monoisotopic (exact) mass is 326 g/mol. The summed E-state index contributed by atoms with van der Waals surface area (Å²) >= 11 is 5.73. The average molecular weight is 327 g/mol. The number of carbonyl (C=O) groups is 1. The molecule has 4 rings (SSSR count). The van der Waals surface area contributed by atoms with E-state index in [0.29, 0.717) is 16.6 Å². The zero-order valence-corrected chi connectivity index (χ0v) is 13.1. The van der Waals surface area contributed by atoms with Crippen LogP contribution in [0.4, 0.5) is 5.69 Å². The zero-order valence-electron chi connectivity index (χ0n) is 12.3. The lowest BCUT2D eigenvalue weighted by atomic mass is 9.85. The summed E-state index contributed by atoms with van der Waals surface area (Å²) in [6.07, 6.45) is 5.14. The van der Waals surface area contributed by atoms with E-state index in [0.717, 1.165) is 22.5 Å². The van der Waals surface area contributed by atoms with E-state index >= 15 is 0 Å². The summed E-state index contributed by atoms with van der Waals surface area (Å²) in [5, 5.41) is 3.23. The molecule has 1 aliphatic rings. The van der Waals surface area contributed by atoms with Crippen LogP contribution in [0.5, 0.6) is 0 Å². The van der Waals surface area contributed by atoms with Gasteiger partial charge in [0.25, 0.3) is 5.91 Å². The summed E-state index contributed by atoms with van der Waals surface area (Å²) in [6, 6.07) is 8.93. The zero-order chi connectivity index (χ0) is 15.8. The lowest BCUT2D eigenvalue weighted by Gasteiger charge is -2.22. The first-order valence-corrected chi connectivity index (χ1v) is 7.99. The van der Waals surface area contributed by atoms with Crippen LogP contribution in [-0.4, -0.2) is 20.9 Å². The van der Waals surface area contributed by atoms with Crippen LogP contribution in [0, 0.1) is 0 Å². The minimum atomic E-state index is -0.216. The Kier molecular flexibility index (Phi) is 3.50. The molecule has 2 aromatic heterocycles. The summed E-state index contributed by atoms with van der Waals surface area (Å²) in [7, 11) is 0. The van der Waals surface area contributed by atoms with Gasteiger partial charge in [0.15, 0.2) is 0 Å². The molecule has 1 saturated carbocycles. The van der Waals surface area contributed by atoms with Crippen LogP contribution in [0.3, 0.4) is 0 Å². The predicted molar refractivity (Wildman–Crippen MR) is 89.9 cm³/mol.